The van der Waals surface area contributed by atoms with E-state index < -0.39 is 0 Å². The number of hydrogen-bond donors (Lipinski definition) is 0. The van der Waals surface area contributed by atoms with Gasteiger partial charge in [-0.05, 0) is 50.1 Å². The predicted octanol–water partition coefficient (Wildman–Crippen LogP) is 4.84. The van der Waals surface area contributed by atoms with Crippen LogP contribution in [0.15, 0.2) is 24.3 Å². The van der Waals surface area contributed by atoms with Crippen molar-refractivity contribution in [1.29, 1.82) is 0 Å². The SMILES string of the molecule is COc1cc(OC)c(C(=O)Pc2c(OC(C)C)cc(OC(C)C)cc2OC(C)C)c(OC)c1.[Li]. The Labute approximate surface area is 216 Å². The van der Waals surface area contributed by atoms with Gasteiger partial charge < -0.3 is 28.4 Å². The van der Waals surface area contributed by atoms with E-state index in [9.17, 15) is 4.79 Å². The van der Waals surface area contributed by atoms with Gasteiger partial charge in [-0.15, -0.1) is 0 Å². The first kappa shape index (κ1) is 30.0. The van der Waals surface area contributed by atoms with Crippen LogP contribution in [-0.2, 0) is 0 Å². The molecule has 0 aromatic heterocycles. The molecular formula is C25H35LiO7P. The summed E-state index contributed by atoms with van der Waals surface area (Å²) in [5, 5.41) is 0.665. The molecule has 0 saturated heterocycles. The summed E-state index contributed by atoms with van der Waals surface area (Å²) in [5.74, 6) is 3.01. The maximum Gasteiger partial charge on any atom is 0.193 e. The summed E-state index contributed by atoms with van der Waals surface area (Å²) >= 11 is 0. The Morgan fingerprint density at radius 3 is 1.41 bits per heavy atom. The van der Waals surface area contributed by atoms with Gasteiger partial charge in [0.15, 0.2) is 5.52 Å². The van der Waals surface area contributed by atoms with Crippen molar-refractivity contribution < 1.29 is 33.2 Å². The molecule has 0 amide bonds. The molecule has 0 aliphatic rings. The summed E-state index contributed by atoms with van der Waals surface area (Å²) in [4.78, 5) is 13.6. The van der Waals surface area contributed by atoms with Crippen molar-refractivity contribution in [1.82, 2.24) is 0 Å². The summed E-state index contributed by atoms with van der Waals surface area (Å²) in [6.45, 7) is 11.6. The number of rotatable bonds is 12. The summed E-state index contributed by atoms with van der Waals surface area (Å²) in [5.41, 5.74) is 0.165. The minimum absolute atomic E-state index is 0. The first-order chi connectivity index (χ1) is 15.6. The van der Waals surface area contributed by atoms with Gasteiger partial charge in [-0.3, -0.25) is 4.79 Å². The van der Waals surface area contributed by atoms with E-state index in [2.05, 4.69) is 0 Å². The summed E-state index contributed by atoms with van der Waals surface area (Å²) < 4.78 is 34.3. The average molecular weight is 485 g/mol. The standard InChI is InChI=1S/C25H35O7P.Li/c1-14(2)30-18-12-21(31-15(3)4)24(22(13-18)32-16(5)6)33-25(26)23-19(28-8)10-17(27-7)11-20(23)29-9;/h10-16,33H,1-9H3;. The van der Waals surface area contributed by atoms with E-state index >= 15 is 0 Å². The van der Waals surface area contributed by atoms with Gasteiger partial charge >= 0.3 is 0 Å². The Bertz CT molecular complexity index is 904. The fourth-order valence-electron chi connectivity index (χ4n) is 3.13. The van der Waals surface area contributed by atoms with E-state index in [0.29, 0.717) is 45.4 Å². The molecule has 183 valence electrons. The zero-order valence-corrected chi connectivity index (χ0v) is 22.9. The Morgan fingerprint density at radius 1 is 0.647 bits per heavy atom. The van der Waals surface area contributed by atoms with Crippen LogP contribution in [0.3, 0.4) is 0 Å². The van der Waals surface area contributed by atoms with Gasteiger partial charge in [-0.2, -0.15) is 0 Å². The van der Waals surface area contributed by atoms with Crippen LogP contribution >= 0.6 is 8.58 Å². The van der Waals surface area contributed by atoms with Crippen LogP contribution < -0.4 is 33.7 Å². The molecule has 1 atom stereocenters. The number of carbonyl (C=O) groups is 1. The first-order valence-electron chi connectivity index (χ1n) is 10.9. The maximum absolute atomic E-state index is 13.6. The normalized spacial score (nSPS) is 11.1. The van der Waals surface area contributed by atoms with Gasteiger partial charge in [-0.25, -0.2) is 0 Å². The van der Waals surface area contributed by atoms with Gasteiger partial charge in [0.25, 0.3) is 0 Å². The minimum Gasteiger partial charge on any atom is -0.496 e. The third-order valence-corrected chi connectivity index (χ3v) is 5.54. The van der Waals surface area contributed by atoms with Gasteiger partial charge in [0.2, 0.25) is 0 Å². The Balaban J connectivity index is 0.00000578. The molecule has 1 radical (unpaired) electrons. The third-order valence-electron chi connectivity index (χ3n) is 4.32. The molecule has 2 aromatic carbocycles. The first-order valence-corrected chi connectivity index (χ1v) is 11.9. The van der Waals surface area contributed by atoms with E-state index in [1.165, 1.54) is 14.2 Å². The van der Waals surface area contributed by atoms with Crippen molar-refractivity contribution in [3.8, 4) is 34.5 Å². The van der Waals surface area contributed by atoms with Crippen LogP contribution in [-0.4, -0.2) is 64.0 Å². The molecule has 2 aromatic rings. The molecule has 0 heterocycles. The molecule has 0 aliphatic carbocycles. The molecule has 0 fully saturated rings. The van der Waals surface area contributed by atoms with Crippen LogP contribution in [0.5, 0.6) is 34.5 Å². The van der Waals surface area contributed by atoms with Gasteiger partial charge in [-0.1, -0.05) is 0 Å². The van der Waals surface area contributed by atoms with Crippen molar-refractivity contribution in [2.24, 2.45) is 0 Å². The van der Waals surface area contributed by atoms with Crippen LogP contribution in [0, 0.1) is 0 Å². The third kappa shape index (κ3) is 8.01. The number of ether oxygens (including phenoxy) is 6. The molecule has 0 spiro atoms. The van der Waals surface area contributed by atoms with Crippen LogP contribution in [0.2, 0.25) is 0 Å². The fourth-order valence-corrected chi connectivity index (χ4v) is 4.24. The second kappa shape index (κ2) is 13.7. The molecule has 1 unspecified atom stereocenters. The van der Waals surface area contributed by atoms with Gasteiger partial charge in [0.05, 0.1) is 44.9 Å². The van der Waals surface area contributed by atoms with Crippen LogP contribution in [0.4, 0.5) is 0 Å². The minimum atomic E-state index is -0.304. The summed E-state index contributed by atoms with van der Waals surface area (Å²) in [6.07, 6.45) is -0.226. The Hall–Kier alpha value is -2.06. The smallest absolute Gasteiger partial charge is 0.193 e. The Morgan fingerprint density at radius 2 is 1.06 bits per heavy atom. The van der Waals surface area contributed by atoms with Crippen molar-refractivity contribution >= 4 is 38.3 Å². The molecule has 0 saturated carbocycles. The summed E-state index contributed by atoms with van der Waals surface area (Å²) in [7, 11) is 4.25. The number of hydrogen-bond acceptors (Lipinski definition) is 7. The maximum atomic E-state index is 13.6. The summed E-state index contributed by atoms with van der Waals surface area (Å²) in [6, 6.07) is 6.95. The van der Waals surface area contributed by atoms with Gasteiger partial charge in [0, 0.05) is 43.1 Å². The van der Waals surface area contributed by atoms with Crippen LogP contribution in [0.25, 0.3) is 0 Å². The monoisotopic (exact) mass is 485 g/mol. The van der Waals surface area contributed by atoms with Crippen LogP contribution in [0.1, 0.15) is 51.9 Å². The van der Waals surface area contributed by atoms with E-state index in [1.807, 2.05) is 53.7 Å². The largest absolute Gasteiger partial charge is 0.496 e. The van der Waals surface area contributed by atoms with Crippen molar-refractivity contribution in [2.45, 2.75) is 59.9 Å². The number of methoxy groups -OCH3 is 3. The molecule has 0 N–H and O–H groups in total. The average Bonchev–Trinajstić information content (AvgIpc) is 2.73. The zero-order chi connectivity index (χ0) is 24.7. The van der Waals surface area contributed by atoms with Crippen molar-refractivity contribution in [3.05, 3.63) is 29.8 Å². The second-order valence-electron chi connectivity index (χ2n) is 8.16. The molecule has 34 heavy (non-hydrogen) atoms. The predicted molar refractivity (Wildman–Crippen MR) is 138 cm³/mol. The number of carbonyl (C=O) groups excluding carboxylic acids is 1. The van der Waals surface area contributed by atoms with Gasteiger partial charge in [0.1, 0.15) is 40.1 Å². The quantitative estimate of drug-likeness (QED) is 0.315. The van der Waals surface area contributed by atoms with E-state index in [-0.39, 0.29) is 51.3 Å². The fraction of sp³-hybridized carbons (Fsp3) is 0.480. The second-order valence-corrected chi connectivity index (χ2v) is 9.36. The molecule has 2 rings (SSSR count). The van der Waals surface area contributed by atoms with Crippen molar-refractivity contribution in [3.63, 3.8) is 0 Å². The number of benzene rings is 2. The Kier molecular flexibility index (Phi) is 12.1. The zero-order valence-electron chi connectivity index (χ0n) is 21.9. The molecule has 0 bridgehead atoms. The van der Waals surface area contributed by atoms with Crippen molar-refractivity contribution in [2.75, 3.05) is 21.3 Å². The topological polar surface area (TPSA) is 72.5 Å². The molecule has 7 nitrogen and oxygen atoms in total. The molecular weight excluding hydrogens is 450 g/mol. The molecule has 9 heteroatoms. The van der Waals surface area contributed by atoms with E-state index in [1.54, 1.807) is 19.2 Å². The van der Waals surface area contributed by atoms with E-state index in [4.69, 9.17) is 28.4 Å². The molecule has 0 aliphatic heterocycles. The van der Waals surface area contributed by atoms with E-state index in [0.717, 1.165) is 0 Å².